The third-order valence-electron chi connectivity index (χ3n) is 3.92. The first-order valence-electron chi connectivity index (χ1n) is 7.62. The van der Waals surface area contributed by atoms with Crippen molar-refractivity contribution in [3.63, 3.8) is 0 Å². The summed E-state index contributed by atoms with van der Waals surface area (Å²) in [4.78, 5) is 0. The van der Waals surface area contributed by atoms with Gasteiger partial charge in [-0.2, -0.15) is 0 Å². The van der Waals surface area contributed by atoms with Crippen LogP contribution < -0.4 is 0 Å². The minimum atomic E-state index is -0.312. The molecule has 0 aliphatic rings. The number of furan rings is 1. The summed E-state index contributed by atoms with van der Waals surface area (Å²) in [5, 5.41) is 0. The predicted molar refractivity (Wildman–Crippen MR) is 109 cm³/mol. The van der Waals surface area contributed by atoms with Gasteiger partial charge < -0.3 is 4.42 Å². The summed E-state index contributed by atoms with van der Waals surface area (Å²) in [6.45, 7) is 6.51. The van der Waals surface area contributed by atoms with E-state index in [9.17, 15) is 4.39 Å². The highest BCUT2D eigenvalue weighted by Gasteiger charge is 2.21. The molecule has 0 aliphatic carbocycles. The van der Waals surface area contributed by atoms with Gasteiger partial charge in [0, 0.05) is 15.6 Å². The first-order chi connectivity index (χ1) is 11.3. The zero-order valence-electron chi connectivity index (χ0n) is 13.7. The van der Waals surface area contributed by atoms with Crippen molar-refractivity contribution in [3.05, 3.63) is 68.0 Å². The summed E-state index contributed by atoms with van der Waals surface area (Å²) >= 11 is 5.40. The van der Waals surface area contributed by atoms with E-state index in [2.05, 4.69) is 48.8 Å². The number of hydrogen-bond donors (Lipinski definition) is 0. The molecule has 0 aliphatic heterocycles. The van der Waals surface area contributed by atoms with Crippen LogP contribution in [-0.4, -0.2) is 0 Å². The van der Waals surface area contributed by atoms with E-state index in [0.29, 0.717) is 9.33 Å². The normalized spacial score (nSPS) is 11.8. The molecule has 1 aromatic heterocycles. The number of halogens is 3. The first kappa shape index (κ1) is 17.7. The lowest BCUT2D eigenvalue weighted by molar-refractivity contribution is 0.557. The highest BCUT2D eigenvalue weighted by molar-refractivity contribution is 14.1. The molecule has 0 atom stereocenters. The summed E-state index contributed by atoms with van der Waals surface area (Å²) in [7, 11) is 0. The van der Waals surface area contributed by atoms with Gasteiger partial charge in [0.25, 0.3) is 0 Å². The van der Waals surface area contributed by atoms with Crippen LogP contribution in [0.1, 0.15) is 26.3 Å². The molecule has 4 heteroatoms. The first-order valence-corrected chi connectivity index (χ1v) is 9.49. The Balaban J connectivity index is 2.03. The molecule has 1 nitrogen and oxygen atoms in total. The summed E-state index contributed by atoms with van der Waals surface area (Å²) in [6, 6.07) is 15.6. The standard InChI is InChI=1S/C20H17BrFIO/c1-20(2,3)14-8-4-13(5-9-14)19-17(23)16(22)18(24-19)12-6-10-15(21)11-7-12/h4-11H,1-3H3. The fraction of sp³-hybridized carbons (Fsp3) is 0.200. The van der Waals surface area contributed by atoms with Gasteiger partial charge >= 0.3 is 0 Å². The third kappa shape index (κ3) is 3.45. The highest BCUT2D eigenvalue weighted by Crippen LogP contribution is 2.37. The number of benzene rings is 2. The monoisotopic (exact) mass is 498 g/mol. The fourth-order valence-electron chi connectivity index (χ4n) is 2.49. The van der Waals surface area contributed by atoms with Crippen LogP contribution >= 0.6 is 38.5 Å². The van der Waals surface area contributed by atoms with Crippen molar-refractivity contribution in [3.8, 4) is 22.6 Å². The average Bonchev–Trinajstić information content (AvgIpc) is 2.84. The Morgan fingerprint density at radius 1 is 0.875 bits per heavy atom. The van der Waals surface area contributed by atoms with E-state index in [1.165, 1.54) is 5.56 Å². The van der Waals surface area contributed by atoms with Gasteiger partial charge in [0.15, 0.2) is 17.3 Å². The lowest BCUT2D eigenvalue weighted by atomic mass is 9.86. The smallest absolute Gasteiger partial charge is 0.183 e. The largest absolute Gasteiger partial charge is 0.452 e. The molecule has 3 rings (SSSR count). The molecular formula is C20H17BrFIO. The molecule has 0 radical (unpaired) electrons. The van der Waals surface area contributed by atoms with Crippen LogP contribution in [0.25, 0.3) is 22.6 Å². The predicted octanol–water partition coefficient (Wildman–Crippen LogP) is 7.42. The van der Waals surface area contributed by atoms with E-state index in [-0.39, 0.29) is 17.0 Å². The van der Waals surface area contributed by atoms with Crippen molar-refractivity contribution in [1.29, 1.82) is 0 Å². The van der Waals surface area contributed by atoms with E-state index >= 15 is 0 Å². The van der Waals surface area contributed by atoms with Crippen LogP contribution in [-0.2, 0) is 5.41 Å². The Morgan fingerprint density at radius 3 is 1.92 bits per heavy atom. The van der Waals surface area contributed by atoms with Crippen molar-refractivity contribution in [1.82, 2.24) is 0 Å². The second kappa shape index (κ2) is 6.64. The number of rotatable bonds is 2. The molecular weight excluding hydrogens is 482 g/mol. The van der Waals surface area contributed by atoms with Gasteiger partial charge in [-0.1, -0.05) is 73.1 Å². The number of hydrogen-bond acceptors (Lipinski definition) is 1. The molecule has 0 spiro atoms. The fourth-order valence-corrected chi connectivity index (χ4v) is 3.42. The third-order valence-corrected chi connectivity index (χ3v) is 5.41. The maximum Gasteiger partial charge on any atom is 0.183 e. The Labute approximate surface area is 163 Å². The van der Waals surface area contributed by atoms with Gasteiger partial charge in [0.2, 0.25) is 0 Å². The van der Waals surface area contributed by atoms with Crippen molar-refractivity contribution in [2.45, 2.75) is 26.2 Å². The van der Waals surface area contributed by atoms with Crippen molar-refractivity contribution in [2.24, 2.45) is 0 Å². The second-order valence-electron chi connectivity index (χ2n) is 6.72. The van der Waals surface area contributed by atoms with Gasteiger partial charge in [-0.05, 0) is 45.7 Å². The summed E-state index contributed by atoms with van der Waals surface area (Å²) in [6.07, 6.45) is 0. The van der Waals surface area contributed by atoms with Crippen molar-refractivity contribution in [2.75, 3.05) is 0 Å². The SMILES string of the molecule is CC(C)(C)c1ccc(-c2oc(-c3ccc(Br)cc3)c(F)c2I)cc1. The zero-order valence-corrected chi connectivity index (χ0v) is 17.4. The van der Waals surface area contributed by atoms with E-state index in [1.807, 2.05) is 59.0 Å². The second-order valence-corrected chi connectivity index (χ2v) is 8.72. The lowest BCUT2D eigenvalue weighted by Gasteiger charge is -2.18. The Bertz CT molecular complexity index is 858. The Morgan fingerprint density at radius 2 is 1.38 bits per heavy atom. The molecule has 124 valence electrons. The van der Waals surface area contributed by atoms with E-state index in [1.54, 1.807) is 0 Å². The molecule has 3 aromatic rings. The summed E-state index contributed by atoms with van der Waals surface area (Å²) < 4.78 is 22.0. The van der Waals surface area contributed by atoms with Gasteiger partial charge in [0.1, 0.15) is 0 Å². The highest BCUT2D eigenvalue weighted by atomic mass is 127. The topological polar surface area (TPSA) is 13.1 Å². The minimum Gasteiger partial charge on any atom is -0.452 e. The maximum atomic E-state index is 14.6. The van der Waals surface area contributed by atoms with Crippen LogP contribution in [0.15, 0.2) is 57.4 Å². The van der Waals surface area contributed by atoms with Gasteiger partial charge in [-0.3, -0.25) is 0 Å². The van der Waals surface area contributed by atoms with E-state index in [4.69, 9.17) is 4.42 Å². The zero-order chi connectivity index (χ0) is 17.5. The quantitative estimate of drug-likeness (QED) is 0.335. The van der Waals surface area contributed by atoms with Gasteiger partial charge in [-0.15, -0.1) is 0 Å². The molecule has 0 N–H and O–H groups in total. The molecule has 0 unspecified atom stereocenters. The Hall–Kier alpha value is -1.14. The van der Waals surface area contributed by atoms with E-state index < -0.39 is 0 Å². The molecule has 0 fully saturated rings. The molecule has 1 heterocycles. The molecule has 2 aromatic carbocycles. The summed E-state index contributed by atoms with van der Waals surface area (Å²) in [5.74, 6) is 0.543. The van der Waals surface area contributed by atoms with Crippen LogP contribution in [0.5, 0.6) is 0 Å². The molecule has 24 heavy (non-hydrogen) atoms. The maximum absolute atomic E-state index is 14.6. The lowest BCUT2D eigenvalue weighted by Crippen LogP contribution is -2.10. The average molecular weight is 499 g/mol. The molecule has 0 bridgehead atoms. The van der Waals surface area contributed by atoms with Crippen LogP contribution in [0, 0.1) is 9.39 Å². The van der Waals surface area contributed by atoms with E-state index in [0.717, 1.165) is 15.6 Å². The molecule has 0 amide bonds. The molecule has 0 saturated heterocycles. The van der Waals surface area contributed by atoms with Crippen LogP contribution in [0.3, 0.4) is 0 Å². The Kier molecular flexibility index (Phi) is 4.89. The van der Waals surface area contributed by atoms with Crippen LogP contribution in [0.2, 0.25) is 0 Å². The van der Waals surface area contributed by atoms with Crippen molar-refractivity contribution >= 4 is 38.5 Å². The van der Waals surface area contributed by atoms with Crippen molar-refractivity contribution < 1.29 is 8.81 Å². The molecule has 0 saturated carbocycles. The van der Waals surface area contributed by atoms with Crippen LogP contribution in [0.4, 0.5) is 4.39 Å². The van der Waals surface area contributed by atoms with Gasteiger partial charge in [0.05, 0.1) is 3.57 Å². The van der Waals surface area contributed by atoms with Gasteiger partial charge in [-0.25, -0.2) is 4.39 Å². The summed E-state index contributed by atoms with van der Waals surface area (Å²) in [5.41, 5.74) is 2.94. The minimum absolute atomic E-state index is 0.0860.